The minimum absolute atomic E-state index is 0.00608. The Kier molecular flexibility index (Phi) is 4.27. The van der Waals surface area contributed by atoms with E-state index >= 15 is 0 Å². The van der Waals surface area contributed by atoms with Gasteiger partial charge in [-0.2, -0.15) is 0 Å². The average Bonchev–Trinajstić information content (AvgIpc) is 3.30. The number of hydrogen-bond donors (Lipinski definition) is 2. The van der Waals surface area contributed by atoms with E-state index in [-0.39, 0.29) is 30.0 Å². The van der Waals surface area contributed by atoms with Gasteiger partial charge in [0.15, 0.2) is 5.76 Å². The quantitative estimate of drug-likeness (QED) is 0.828. The van der Waals surface area contributed by atoms with E-state index in [0.717, 1.165) is 12.8 Å². The zero-order valence-electron chi connectivity index (χ0n) is 12.2. The average molecular weight is 318 g/mol. The molecule has 23 heavy (non-hydrogen) atoms. The molecule has 0 atom stereocenters. The van der Waals surface area contributed by atoms with Crippen molar-refractivity contribution in [2.75, 3.05) is 0 Å². The van der Waals surface area contributed by atoms with Crippen molar-refractivity contribution in [3.8, 4) is 5.75 Å². The van der Waals surface area contributed by atoms with Gasteiger partial charge < -0.3 is 9.15 Å². The van der Waals surface area contributed by atoms with Crippen molar-refractivity contribution in [1.82, 2.24) is 10.9 Å². The summed E-state index contributed by atoms with van der Waals surface area (Å²) in [4.78, 5) is 23.2. The molecule has 0 radical (unpaired) electrons. The molecule has 2 amide bonds. The molecule has 1 saturated carbocycles. The van der Waals surface area contributed by atoms with E-state index < -0.39 is 5.91 Å². The Hall–Kier alpha value is -2.83. The molecule has 2 aromatic rings. The first-order valence-corrected chi connectivity index (χ1v) is 7.19. The molecular formula is C16H15FN2O4. The molecule has 1 aliphatic carbocycles. The normalized spacial score (nSPS) is 13.4. The minimum Gasteiger partial charge on any atom is -0.486 e. The van der Waals surface area contributed by atoms with Gasteiger partial charge in [0.05, 0.1) is 0 Å². The second-order valence-corrected chi connectivity index (χ2v) is 5.23. The van der Waals surface area contributed by atoms with Gasteiger partial charge in [-0.15, -0.1) is 0 Å². The summed E-state index contributed by atoms with van der Waals surface area (Å²) < 4.78 is 23.5. The molecule has 3 rings (SSSR count). The lowest BCUT2D eigenvalue weighted by molar-refractivity contribution is -0.123. The second-order valence-electron chi connectivity index (χ2n) is 5.23. The number of benzene rings is 1. The van der Waals surface area contributed by atoms with Crippen LogP contribution in [0.25, 0.3) is 0 Å². The van der Waals surface area contributed by atoms with Gasteiger partial charge in [0.25, 0.3) is 0 Å². The van der Waals surface area contributed by atoms with Crippen molar-refractivity contribution < 1.29 is 23.1 Å². The van der Waals surface area contributed by atoms with Crippen LogP contribution in [-0.2, 0) is 11.4 Å². The molecule has 0 spiro atoms. The number of furan rings is 1. The number of halogens is 1. The Morgan fingerprint density at radius 1 is 1.13 bits per heavy atom. The number of rotatable bonds is 5. The highest BCUT2D eigenvalue weighted by Gasteiger charge is 2.29. The van der Waals surface area contributed by atoms with Gasteiger partial charge in [-0.05, 0) is 49.2 Å². The number of ether oxygens (including phenoxy) is 1. The summed E-state index contributed by atoms with van der Waals surface area (Å²) in [5, 5.41) is 0. The number of amides is 2. The lowest BCUT2D eigenvalue weighted by Crippen LogP contribution is -2.42. The van der Waals surface area contributed by atoms with Crippen molar-refractivity contribution in [1.29, 1.82) is 0 Å². The largest absolute Gasteiger partial charge is 0.486 e. The monoisotopic (exact) mass is 318 g/mol. The highest BCUT2D eigenvalue weighted by Crippen LogP contribution is 2.28. The molecular weight excluding hydrogens is 303 g/mol. The predicted octanol–water partition coefficient (Wildman–Crippen LogP) is 2.17. The number of carbonyl (C=O) groups is 2. The predicted molar refractivity (Wildman–Crippen MR) is 77.8 cm³/mol. The van der Waals surface area contributed by atoms with E-state index in [0.29, 0.717) is 11.5 Å². The first-order valence-electron chi connectivity index (χ1n) is 7.19. The maximum absolute atomic E-state index is 12.8. The van der Waals surface area contributed by atoms with Crippen LogP contribution in [-0.4, -0.2) is 11.8 Å². The van der Waals surface area contributed by atoms with Crippen molar-refractivity contribution >= 4 is 11.8 Å². The summed E-state index contributed by atoms with van der Waals surface area (Å²) in [6.45, 7) is 0.105. The van der Waals surface area contributed by atoms with Crippen LogP contribution in [0.15, 0.2) is 40.8 Å². The molecule has 6 nitrogen and oxygen atoms in total. The summed E-state index contributed by atoms with van der Waals surface area (Å²) in [5.41, 5.74) is 4.65. The molecule has 1 heterocycles. The second kappa shape index (κ2) is 6.51. The van der Waals surface area contributed by atoms with Crippen molar-refractivity contribution in [3.05, 3.63) is 53.7 Å². The van der Waals surface area contributed by atoms with Crippen molar-refractivity contribution in [2.45, 2.75) is 19.4 Å². The van der Waals surface area contributed by atoms with Crippen molar-refractivity contribution in [3.63, 3.8) is 0 Å². The van der Waals surface area contributed by atoms with Crippen LogP contribution in [0.4, 0.5) is 4.39 Å². The summed E-state index contributed by atoms with van der Waals surface area (Å²) in [5.74, 6) is -0.0665. The number of carbonyl (C=O) groups excluding carboxylic acids is 2. The fraction of sp³-hybridized carbons (Fsp3) is 0.250. The van der Waals surface area contributed by atoms with Gasteiger partial charge >= 0.3 is 5.91 Å². The molecule has 0 bridgehead atoms. The maximum atomic E-state index is 12.8. The molecule has 1 aromatic heterocycles. The van der Waals surface area contributed by atoms with E-state index in [9.17, 15) is 14.0 Å². The fourth-order valence-electron chi connectivity index (χ4n) is 1.89. The summed E-state index contributed by atoms with van der Waals surface area (Å²) in [6.07, 6.45) is 1.71. The smallest absolute Gasteiger partial charge is 0.305 e. The zero-order valence-corrected chi connectivity index (χ0v) is 12.2. The summed E-state index contributed by atoms with van der Waals surface area (Å²) in [6, 6.07) is 8.67. The van der Waals surface area contributed by atoms with E-state index in [2.05, 4.69) is 10.9 Å². The molecule has 0 unspecified atom stereocenters. The number of hydrogen-bond acceptors (Lipinski definition) is 4. The Bertz CT molecular complexity index is 707. The molecule has 120 valence electrons. The first kappa shape index (κ1) is 15.1. The number of nitrogens with one attached hydrogen (secondary N) is 2. The molecule has 0 aliphatic heterocycles. The van der Waals surface area contributed by atoms with Crippen LogP contribution in [0, 0.1) is 11.7 Å². The van der Waals surface area contributed by atoms with Gasteiger partial charge in [-0.1, -0.05) is 0 Å². The Morgan fingerprint density at radius 2 is 1.87 bits per heavy atom. The van der Waals surface area contributed by atoms with Crippen LogP contribution in [0.3, 0.4) is 0 Å². The Balaban J connectivity index is 1.49. The van der Waals surface area contributed by atoms with Crippen LogP contribution >= 0.6 is 0 Å². The van der Waals surface area contributed by atoms with Crippen LogP contribution < -0.4 is 15.6 Å². The molecule has 1 aromatic carbocycles. The van der Waals surface area contributed by atoms with E-state index in [1.165, 1.54) is 30.3 Å². The lowest BCUT2D eigenvalue weighted by Gasteiger charge is -2.05. The summed E-state index contributed by atoms with van der Waals surface area (Å²) >= 11 is 0. The third-order valence-corrected chi connectivity index (χ3v) is 3.33. The van der Waals surface area contributed by atoms with Gasteiger partial charge in [-0.25, -0.2) is 4.39 Å². The van der Waals surface area contributed by atoms with Crippen LogP contribution in [0.2, 0.25) is 0 Å². The van der Waals surface area contributed by atoms with E-state index in [1.54, 1.807) is 6.07 Å². The fourth-order valence-corrected chi connectivity index (χ4v) is 1.89. The molecule has 2 N–H and O–H groups in total. The maximum Gasteiger partial charge on any atom is 0.305 e. The first-order chi connectivity index (χ1) is 11.1. The third kappa shape index (κ3) is 4.09. The van der Waals surface area contributed by atoms with Crippen LogP contribution in [0.1, 0.15) is 29.2 Å². The third-order valence-electron chi connectivity index (χ3n) is 3.33. The summed E-state index contributed by atoms with van der Waals surface area (Å²) in [7, 11) is 0. The van der Waals surface area contributed by atoms with Gasteiger partial charge in [0.1, 0.15) is 23.9 Å². The van der Waals surface area contributed by atoms with Gasteiger partial charge in [0.2, 0.25) is 5.91 Å². The van der Waals surface area contributed by atoms with Gasteiger partial charge in [0, 0.05) is 5.92 Å². The van der Waals surface area contributed by atoms with E-state index in [1.807, 2.05) is 0 Å². The standard InChI is InChI=1S/C16H15FN2O4/c17-11-3-5-12(6-4-11)22-9-13-7-8-14(23-13)16(21)19-18-15(20)10-1-2-10/h3-8,10H,1-2,9H2,(H,18,20)(H,19,21). The zero-order chi connectivity index (χ0) is 16.2. The molecule has 0 saturated heterocycles. The van der Waals surface area contributed by atoms with Gasteiger partial charge in [-0.3, -0.25) is 20.4 Å². The van der Waals surface area contributed by atoms with Crippen molar-refractivity contribution in [2.24, 2.45) is 5.92 Å². The Morgan fingerprint density at radius 3 is 2.57 bits per heavy atom. The van der Waals surface area contributed by atoms with Crippen LogP contribution in [0.5, 0.6) is 5.75 Å². The lowest BCUT2D eigenvalue weighted by atomic mass is 10.3. The SMILES string of the molecule is O=C(NNC(=O)C1CC1)c1ccc(COc2ccc(F)cc2)o1. The number of hydrazine groups is 1. The molecule has 1 fully saturated rings. The molecule has 7 heteroatoms. The topological polar surface area (TPSA) is 80.6 Å². The molecule has 1 aliphatic rings. The Labute approximate surface area is 131 Å². The highest BCUT2D eigenvalue weighted by atomic mass is 19.1. The highest BCUT2D eigenvalue weighted by molar-refractivity contribution is 5.93. The minimum atomic E-state index is -0.535. The van der Waals surface area contributed by atoms with E-state index in [4.69, 9.17) is 9.15 Å².